The number of halogens is 3. The molecule has 0 spiro atoms. The predicted octanol–water partition coefficient (Wildman–Crippen LogP) is 3.74. The van der Waals surface area contributed by atoms with Crippen LogP contribution in [0.15, 0.2) is 42.5 Å². The molecule has 0 radical (unpaired) electrons. The molecule has 2 aromatic carbocycles. The highest BCUT2D eigenvalue weighted by Crippen LogP contribution is 2.32. The van der Waals surface area contributed by atoms with Crippen LogP contribution in [-0.4, -0.2) is 17.9 Å². The molecule has 1 atom stereocenters. The molecule has 5 nitrogen and oxygen atoms in total. The fraction of sp³-hybridized carbons (Fsp3) is 0.222. The molecule has 2 amide bonds. The van der Waals surface area contributed by atoms with Gasteiger partial charge in [-0.15, -0.1) is 0 Å². The lowest BCUT2D eigenvalue weighted by Gasteiger charge is -2.25. The zero-order chi connectivity index (χ0) is 18.9. The topological polar surface area (TPSA) is 67.4 Å². The summed E-state index contributed by atoms with van der Waals surface area (Å²) < 4.78 is 43.7. The quantitative estimate of drug-likeness (QED) is 0.872. The molecule has 1 aliphatic rings. The lowest BCUT2D eigenvalue weighted by atomic mass is 10.1. The molecular weight excluding hydrogens is 349 g/mol. The molecule has 3 rings (SSSR count). The molecule has 136 valence electrons. The van der Waals surface area contributed by atoms with Crippen LogP contribution in [0.5, 0.6) is 5.75 Å². The van der Waals surface area contributed by atoms with Crippen LogP contribution < -0.4 is 15.4 Å². The number of hydrogen-bond acceptors (Lipinski definition) is 3. The number of anilines is 2. The maximum Gasteiger partial charge on any atom is 0.416 e. The number of rotatable bonds is 3. The van der Waals surface area contributed by atoms with Crippen molar-refractivity contribution >= 4 is 23.2 Å². The number of ether oxygens (including phenoxy) is 1. The normalized spacial score (nSPS) is 16.3. The Morgan fingerprint density at radius 3 is 2.73 bits per heavy atom. The Labute approximate surface area is 147 Å². The van der Waals surface area contributed by atoms with Gasteiger partial charge in [0.25, 0.3) is 5.91 Å². The van der Waals surface area contributed by atoms with Gasteiger partial charge in [0, 0.05) is 5.69 Å². The molecule has 0 saturated carbocycles. The SMILES string of the molecule is Cc1ccc2c(c1)NC(=O)[C@H](CC(=O)Nc1cccc(C(F)(F)F)c1)O2. The van der Waals surface area contributed by atoms with E-state index in [4.69, 9.17) is 4.74 Å². The molecule has 0 saturated heterocycles. The van der Waals surface area contributed by atoms with E-state index in [0.29, 0.717) is 11.4 Å². The first-order valence-electron chi connectivity index (χ1n) is 7.77. The van der Waals surface area contributed by atoms with Crippen LogP contribution >= 0.6 is 0 Å². The fourth-order valence-electron chi connectivity index (χ4n) is 2.55. The summed E-state index contributed by atoms with van der Waals surface area (Å²) in [6.07, 6.45) is -5.89. The van der Waals surface area contributed by atoms with Crippen LogP contribution in [0.4, 0.5) is 24.5 Å². The van der Waals surface area contributed by atoms with Crippen LogP contribution in [0.3, 0.4) is 0 Å². The largest absolute Gasteiger partial charge is 0.478 e. The minimum absolute atomic E-state index is 0.00272. The van der Waals surface area contributed by atoms with E-state index >= 15 is 0 Å². The Morgan fingerprint density at radius 2 is 2.00 bits per heavy atom. The number of aryl methyl sites for hydroxylation is 1. The van der Waals surface area contributed by atoms with Crippen molar-refractivity contribution in [3.63, 3.8) is 0 Å². The third-order valence-corrected chi connectivity index (χ3v) is 3.80. The van der Waals surface area contributed by atoms with Crippen molar-refractivity contribution in [1.29, 1.82) is 0 Å². The second kappa shape index (κ2) is 6.70. The van der Waals surface area contributed by atoms with E-state index in [9.17, 15) is 22.8 Å². The number of hydrogen-bond donors (Lipinski definition) is 2. The Morgan fingerprint density at radius 1 is 1.23 bits per heavy atom. The van der Waals surface area contributed by atoms with Crippen LogP contribution in [-0.2, 0) is 15.8 Å². The molecule has 2 N–H and O–H groups in total. The second-order valence-corrected chi connectivity index (χ2v) is 5.93. The van der Waals surface area contributed by atoms with E-state index in [1.54, 1.807) is 18.2 Å². The number of benzene rings is 2. The molecule has 2 aromatic rings. The third kappa shape index (κ3) is 3.96. The number of carbonyl (C=O) groups is 2. The van der Waals surface area contributed by atoms with Gasteiger partial charge in [0.1, 0.15) is 5.75 Å². The highest BCUT2D eigenvalue weighted by atomic mass is 19.4. The summed E-state index contributed by atoms with van der Waals surface area (Å²) in [6, 6.07) is 9.50. The maximum atomic E-state index is 12.7. The van der Waals surface area contributed by atoms with Crippen molar-refractivity contribution in [2.24, 2.45) is 0 Å². The van der Waals surface area contributed by atoms with Gasteiger partial charge in [-0.25, -0.2) is 0 Å². The van der Waals surface area contributed by atoms with Crippen LogP contribution in [0.1, 0.15) is 17.5 Å². The lowest BCUT2D eigenvalue weighted by molar-refractivity contribution is -0.137. The number of fused-ring (bicyclic) bond motifs is 1. The van der Waals surface area contributed by atoms with Gasteiger partial charge in [-0.1, -0.05) is 12.1 Å². The molecule has 1 heterocycles. The van der Waals surface area contributed by atoms with Gasteiger partial charge in [0.2, 0.25) is 5.91 Å². The summed E-state index contributed by atoms with van der Waals surface area (Å²) in [5.74, 6) is -0.672. The van der Waals surface area contributed by atoms with Crippen molar-refractivity contribution in [2.75, 3.05) is 10.6 Å². The minimum atomic E-state index is -4.51. The fourth-order valence-corrected chi connectivity index (χ4v) is 2.55. The first kappa shape index (κ1) is 17.8. The molecule has 0 bridgehead atoms. The molecule has 0 unspecified atom stereocenters. The smallest absolute Gasteiger partial charge is 0.416 e. The standard InChI is InChI=1S/C18H15F3N2O3/c1-10-5-6-14-13(7-10)23-17(25)15(26-14)9-16(24)22-12-4-2-3-11(8-12)18(19,20)21/h2-8,15H,9H2,1H3,(H,22,24)(H,23,25)/t15-/m0/s1. The molecule has 0 aromatic heterocycles. The monoisotopic (exact) mass is 364 g/mol. The summed E-state index contributed by atoms with van der Waals surface area (Å²) in [6.45, 7) is 1.86. The average molecular weight is 364 g/mol. The Balaban J connectivity index is 1.67. The van der Waals surface area contributed by atoms with Crippen LogP contribution in [0.2, 0.25) is 0 Å². The van der Waals surface area contributed by atoms with Crippen LogP contribution in [0.25, 0.3) is 0 Å². The van der Waals surface area contributed by atoms with E-state index in [0.717, 1.165) is 17.7 Å². The molecule has 1 aliphatic heterocycles. The number of carbonyl (C=O) groups excluding carboxylic acids is 2. The third-order valence-electron chi connectivity index (χ3n) is 3.80. The second-order valence-electron chi connectivity index (χ2n) is 5.93. The Kier molecular flexibility index (Phi) is 4.58. The summed E-state index contributed by atoms with van der Waals surface area (Å²) >= 11 is 0. The Bertz CT molecular complexity index is 865. The van der Waals surface area contributed by atoms with Gasteiger partial charge >= 0.3 is 6.18 Å². The van der Waals surface area contributed by atoms with Gasteiger partial charge in [0.05, 0.1) is 17.7 Å². The van der Waals surface area contributed by atoms with E-state index in [2.05, 4.69) is 10.6 Å². The first-order chi connectivity index (χ1) is 12.2. The van der Waals surface area contributed by atoms with Gasteiger partial charge in [0.15, 0.2) is 6.10 Å². The number of amides is 2. The summed E-state index contributed by atoms with van der Waals surface area (Å²) in [5, 5.41) is 5.01. The molecular formula is C18H15F3N2O3. The van der Waals surface area contributed by atoms with Crippen molar-refractivity contribution in [1.82, 2.24) is 0 Å². The lowest BCUT2D eigenvalue weighted by Crippen LogP contribution is -2.39. The zero-order valence-corrected chi connectivity index (χ0v) is 13.7. The van der Waals surface area contributed by atoms with E-state index in [-0.39, 0.29) is 12.1 Å². The van der Waals surface area contributed by atoms with Crippen molar-refractivity contribution in [2.45, 2.75) is 25.6 Å². The van der Waals surface area contributed by atoms with Gasteiger partial charge in [-0.2, -0.15) is 13.2 Å². The van der Waals surface area contributed by atoms with E-state index in [1.165, 1.54) is 12.1 Å². The van der Waals surface area contributed by atoms with E-state index in [1.807, 2.05) is 6.92 Å². The molecule has 0 fully saturated rings. The van der Waals surface area contributed by atoms with Gasteiger partial charge in [-0.05, 0) is 42.8 Å². The Hall–Kier alpha value is -3.03. The minimum Gasteiger partial charge on any atom is -0.478 e. The summed E-state index contributed by atoms with van der Waals surface area (Å²) in [7, 11) is 0. The van der Waals surface area contributed by atoms with E-state index < -0.39 is 29.7 Å². The zero-order valence-electron chi connectivity index (χ0n) is 13.7. The van der Waals surface area contributed by atoms with Crippen LogP contribution in [0, 0.1) is 6.92 Å². The number of nitrogens with one attached hydrogen (secondary N) is 2. The number of alkyl halides is 3. The predicted molar refractivity (Wildman–Crippen MR) is 88.9 cm³/mol. The molecule has 0 aliphatic carbocycles. The van der Waals surface area contributed by atoms with Gasteiger partial charge < -0.3 is 15.4 Å². The summed E-state index contributed by atoms with van der Waals surface area (Å²) in [4.78, 5) is 24.2. The highest BCUT2D eigenvalue weighted by Gasteiger charge is 2.32. The summed E-state index contributed by atoms with van der Waals surface area (Å²) in [5.41, 5.74) is 0.584. The molecule has 8 heteroatoms. The highest BCUT2D eigenvalue weighted by molar-refractivity contribution is 6.02. The maximum absolute atomic E-state index is 12.7. The first-order valence-corrected chi connectivity index (χ1v) is 7.77. The van der Waals surface area contributed by atoms with Gasteiger partial charge in [-0.3, -0.25) is 9.59 Å². The molecule has 26 heavy (non-hydrogen) atoms. The van der Waals surface area contributed by atoms with Crippen molar-refractivity contribution in [3.8, 4) is 5.75 Å². The average Bonchev–Trinajstić information content (AvgIpc) is 2.55. The van der Waals surface area contributed by atoms with Crippen molar-refractivity contribution < 1.29 is 27.5 Å². The van der Waals surface area contributed by atoms with Crippen molar-refractivity contribution in [3.05, 3.63) is 53.6 Å².